The zero-order valence-corrected chi connectivity index (χ0v) is 19.9. The van der Waals surface area contributed by atoms with Crippen LogP contribution in [0.15, 0.2) is 45.8 Å². The number of methoxy groups -OCH3 is 2. The Morgan fingerprint density at radius 1 is 1.06 bits per heavy atom. The van der Waals surface area contributed by atoms with Gasteiger partial charge >= 0.3 is 5.91 Å². The smallest absolute Gasteiger partial charge is 0.315 e. The Labute approximate surface area is 195 Å². The van der Waals surface area contributed by atoms with E-state index in [0.717, 1.165) is 15.6 Å². The van der Waals surface area contributed by atoms with Gasteiger partial charge in [0.15, 0.2) is 21.9 Å². The summed E-state index contributed by atoms with van der Waals surface area (Å²) in [5, 5.41) is 0.781. The predicted molar refractivity (Wildman–Crippen MR) is 127 cm³/mol. The van der Waals surface area contributed by atoms with Crippen molar-refractivity contribution in [2.24, 2.45) is 4.99 Å². The van der Waals surface area contributed by atoms with E-state index in [-0.39, 0.29) is 5.76 Å². The molecule has 4 aromatic rings. The van der Waals surface area contributed by atoms with Gasteiger partial charge in [-0.15, -0.1) is 0 Å². The molecule has 0 saturated heterocycles. The van der Waals surface area contributed by atoms with E-state index in [1.807, 2.05) is 48.7 Å². The van der Waals surface area contributed by atoms with Gasteiger partial charge < -0.3 is 27.9 Å². The molecule has 2 aromatic heterocycles. The van der Waals surface area contributed by atoms with Crippen LogP contribution in [-0.4, -0.2) is 44.5 Å². The van der Waals surface area contributed by atoms with Crippen molar-refractivity contribution in [3.05, 3.63) is 47.0 Å². The highest BCUT2D eigenvalue weighted by molar-refractivity contribution is 7.16. The number of fused-ring (bicyclic) bond motifs is 2. The number of carbonyl (C=O) groups excluding carboxylic acids is 1. The van der Waals surface area contributed by atoms with E-state index in [2.05, 4.69) is 4.99 Å². The van der Waals surface area contributed by atoms with E-state index in [9.17, 15) is 4.79 Å². The fraction of sp³-hybridized carbons (Fsp3) is 0.333. The summed E-state index contributed by atoms with van der Waals surface area (Å²) in [5.41, 5.74) is 1.33. The number of thiazole rings is 1. The summed E-state index contributed by atoms with van der Waals surface area (Å²) in [5.74, 6) is 1.60. The summed E-state index contributed by atoms with van der Waals surface area (Å²) in [6.45, 7) is 5.89. The van der Waals surface area contributed by atoms with Crippen LogP contribution < -0.4 is 19.0 Å². The van der Waals surface area contributed by atoms with Crippen molar-refractivity contribution < 1.29 is 28.2 Å². The number of aromatic nitrogens is 1. The molecule has 0 aliphatic carbocycles. The third-order valence-electron chi connectivity index (χ3n) is 5.07. The number of carbonyl (C=O) groups is 1. The third kappa shape index (κ3) is 4.46. The van der Waals surface area contributed by atoms with Gasteiger partial charge in [0.25, 0.3) is 0 Å². The van der Waals surface area contributed by atoms with Crippen LogP contribution in [0.2, 0.25) is 0 Å². The summed E-state index contributed by atoms with van der Waals surface area (Å²) < 4.78 is 30.9. The second kappa shape index (κ2) is 10.1. The Hall–Kier alpha value is -3.30. The Balaban J connectivity index is 1.85. The van der Waals surface area contributed by atoms with Gasteiger partial charge in [0.05, 0.1) is 27.4 Å². The maximum Gasteiger partial charge on any atom is 0.315 e. The van der Waals surface area contributed by atoms with E-state index < -0.39 is 5.91 Å². The Bertz CT molecular complexity index is 1350. The van der Waals surface area contributed by atoms with Crippen LogP contribution in [0, 0.1) is 0 Å². The van der Waals surface area contributed by atoms with Gasteiger partial charge in [-0.2, -0.15) is 4.99 Å². The topological polar surface area (TPSA) is 84.4 Å². The minimum absolute atomic E-state index is 0.143. The molecule has 1 amide bonds. The molecule has 174 valence electrons. The average molecular weight is 471 g/mol. The second-order valence-corrected chi connectivity index (χ2v) is 7.99. The minimum atomic E-state index is -0.483. The molecule has 0 unspecified atom stereocenters. The molecule has 0 fully saturated rings. The molecule has 0 atom stereocenters. The quantitative estimate of drug-likeness (QED) is 0.331. The first-order valence-corrected chi connectivity index (χ1v) is 11.5. The lowest BCUT2D eigenvalue weighted by Crippen LogP contribution is -2.20. The number of nitrogens with zero attached hydrogens (tertiary/aromatic N) is 2. The highest BCUT2D eigenvalue weighted by atomic mass is 32.1. The zero-order chi connectivity index (χ0) is 23.4. The number of benzene rings is 2. The van der Waals surface area contributed by atoms with Crippen molar-refractivity contribution >= 4 is 38.4 Å². The van der Waals surface area contributed by atoms with E-state index in [1.165, 1.54) is 11.3 Å². The molecule has 0 spiro atoms. The van der Waals surface area contributed by atoms with Gasteiger partial charge in [0, 0.05) is 18.5 Å². The second-order valence-electron chi connectivity index (χ2n) is 7.02. The molecule has 0 bridgehead atoms. The normalized spacial score (nSPS) is 11.9. The largest absolute Gasteiger partial charge is 0.495 e. The lowest BCUT2D eigenvalue weighted by atomic mass is 10.2. The van der Waals surface area contributed by atoms with E-state index in [4.69, 9.17) is 23.4 Å². The molecular weight excluding hydrogens is 444 g/mol. The standard InChI is InChI=1S/C24H26N2O6S/c1-5-30-13-12-26-20-16(28-3)10-11-18(29-4)22(20)33-24(26)25-23(27)19-14-15-8-7-9-17(31-6-2)21(15)32-19/h7-11,14H,5-6,12-13H2,1-4H3. The van der Waals surface area contributed by atoms with Crippen LogP contribution in [-0.2, 0) is 11.3 Å². The van der Waals surface area contributed by atoms with Gasteiger partial charge in [0.1, 0.15) is 21.7 Å². The van der Waals surface area contributed by atoms with Crippen LogP contribution in [0.4, 0.5) is 0 Å². The number of hydrogen-bond acceptors (Lipinski definition) is 7. The van der Waals surface area contributed by atoms with Gasteiger partial charge in [-0.25, -0.2) is 0 Å². The molecular formula is C24H26N2O6S. The van der Waals surface area contributed by atoms with Crippen molar-refractivity contribution in [1.29, 1.82) is 0 Å². The van der Waals surface area contributed by atoms with Crippen molar-refractivity contribution in [3.63, 3.8) is 0 Å². The number of para-hydroxylation sites is 1. The molecule has 4 rings (SSSR count). The molecule has 0 saturated carbocycles. The monoisotopic (exact) mass is 470 g/mol. The van der Waals surface area contributed by atoms with Crippen LogP contribution >= 0.6 is 11.3 Å². The maximum atomic E-state index is 13.1. The van der Waals surface area contributed by atoms with Gasteiger partial charge in [-0.1, -0.05) is 23.5 Å². The summed E-state index contributed by atoms with van der Waals surface area (Å²) in [4.78, 5) is 18.0. The van der Waals surface area contributed by atoms with Crippen LogP contribution in [0.25, 0.3) is 21.2 Å². The molecule has 9 heteroatoms. The van der Waals surface area contributed by atoms with Gasteiger partial charge in [0.2, 0.25) is 0 Å². The maximum absolute atomic E-state index is 13.1. The summed E-state index contributed by atoms with van der Waals surface area (Å²) in [6.07, 6.45) is 0. The fourth-order valence-electron chi connectivity index (χ4n) is 3.60. The van der Waals surface area contributed by atoms with Crippen LogP contribution in [0.5, 0.6) is 17.2 Å². The number of ether oxygens (including phenoxy) is 4. The van der Waals surface area contributed by atoms with E-state index in [0.29, 0.717) is 54.0 Å². The summed E-state index contributed by atoms with van der Waals surface area (Å²) in [6, 6.07) is 10.9. The predicted octanol–water partition coefficient (Wildman–Crippen LogP) is 4.64. The number of amides is 1. The summed E-state index contributed by atoms with van der Waals surface area (Å²) in [7, 11) is 3.22. The van der Waals surface area contributed by atoms with Gasteiger partial charge in [-0.05, 0) is 38.1 Å². The highest BCUT2D eigenvalue weighted by Crippen LogP contribution is 2.35. The fourth-order valence-corrected chi connectivity index (χ4v) is 4.76. The van der Waals surface area contributed by atoms with Crippen LogP contribution in [0.1, 0.15) is 24.4 Å². The zero-order valence-electron chi connectivity index (χ0n) is 19.0. The number of rotatable bonds is 9. The van der Waals surface area contributed by atoms with Crippen molar-refractivity contribution in [2.75, 3.05) is 34.0 Å². The molecule has 8 nitrogen and oxygen atoms in total. The Morgan fingerprint density at radius 3 is 2.58 bits per heavy atom. The molecule has 0 aliphatic heterocycles. The Morgan fingerprint density at radius 2 is 1.85 bits per heavy atom. The van der Waals surface area contributed by atoms with E-state index >= 15 is 0 Å². The lowest BCUT2D eigenvalue weighted by Gasteiger charge is -2.10. The van der Waals surface area contributed by atoms with Crippen molar-refractivity contribution in [2.45, 2.75) is 20.4 Å². The number of furan rings is 1. The molecule has 2 aromatic carbocycles. The third-order valence-corrected chi connectivity index (χ3v) is 6.16. The first-order valence-electron chi connectivity index (χ1n) is 10.7. The lowest BCUT2D eigenvalue weighted by molar-refractivity contribution is 0.0972. The molecule has 33 heavy (non-hydrogen) atoms. The first kappa shape index (κ1) is 22.9. The van der Waals surface area contributed by atoms with Crippen molar-refractivity contribution in [1.82, 2.24) is 4.57 Å². The highest BCUT2D eigenvalue weighted by Gasteiger charge is 2.19. The molecule has 0 radical (unpaired) electrons. The minimum Gasteiger partial charge on any atom is -0.495 e. The van der Waals surface area contributed by atoms with Gasteiger partial charge in [-0.3, -0.25) is 4.79 Å². The summed E-state index contributed by atoms with van der Waals surface area (Å²) >= 11 is 1.35. The molecule has 2 heterocycles. The average Bonchev–Trinajstić information content (AvgIpc) is 3.42. The SMILES string of the molecule is CCOCCn1c(=NC(=O)c2cc3cccc(OCC)c3o2)sc2c(OC)ccc(OC)c21. The first-order chi connectivity index (χ1) is 16.1. The van der Waals surface area contributed by atoms with Crippen LogP contribution in [0.3, 0.4) is 0 Å². The van der Waals surface area contributed by atoms with Crippen molar-refractivity contribution in [3.8, 4) is 17.2 Å². The van der Waals surface area contributed by atoms with E-state index in [1.54, 1.807) is 20.3 Å². The Kier molecular flexibility index (Phi) is 7.00. The molecule has 0 N–H and O–H groups in total. The molecule has 0 aliphatic rings. The number of hydrogen-bond donors (Lipinski definition) is 0.